The van der Waals surface area contributed by atoms with E-state index in [0.29, 0.717) is 28.5 Å². The van der Waals surface area contributed by atoms with Crippen LogP contribution in [0, 0.1) is 13.8 Å². The molecule has 0 unspecified atom stereocenters. The van der Waals surface area contributed by atoms with Crippen molar-refractivity contribution in [1.82, 2.24) is 19.3 Å². The minimum atomic E-state index is -0.272. The number of hydrogen-bond acceptors (Lipinski definition) is 5. The predicted molar refractivity (Wildman–Crippen MR) is 114 cm³/mol. The highest BCUT2D eigenvalue weighted by molar-refractivity contribution is 5.92. The topological polar surface area (TPSA) is 95.0 Å². The molecule has 30 heavy (non-hydrogen) atoms. The smallest absolute Gasteiger partial charge is 0.329 e. The van der Waals surface area contributed by atoms with E-state index in [1.807, 2.05) is 63.2 Å². The molecule has 4 rings (SSSR count). The van der Waals surface area contributed by atoms with E-state index in [-0.39, 0.29) is 24.2 Å². The predicted octanol–water partition coefficient (Wildman–Crippen LogP) is 3.69. The molecular weight excluding hydrogens is 382 g/mol. The minimum absolute atomic E-state index is 0.0562. The van der Waals surface area contributed by atoms with Crippen molar-refractivity contribution < 1.29 is 9.32 Å². The van der Waals surface area contributed by atoms with Crippen LogP contribution in [-0.4, -0.2) is 25.2 Å². The number of hydrogen-bond donors (Lipinski definition) is 1. The highest BCUT2D eigenvalue weighted by atomic mass is 16.5. The van der Waals surface area contributed by atoms with Crippen molar-refractivity contribution in [3.05, 3.63) is 64.4 Å². The number of nitrogens with one attached hydrogen (secondary N) is 1. The lowest BCUT2D eigenvalue weighted by molar-refractivity contribution is -0.116. The van der Waals surface area contributed by atoms with Gasteiger partial charge in [-0.15, -0.1) is 0 Å². The summed E-state index contributed by atoms with van der Waals surface area (Å²) in [4.78, 5) is 30.1. The maximum absolute atomic E-state index is 13.1. The van der Waals surface area contributed by atoms with E-state index in [9.17, 15) is 9.59 Å². The van der Waals surface area contributed by atoms with Gasteiger partial charge in [-0.25, -0.2) is 4.79 Å². The summed E-state index contributed by atoms with van der Waals surface area (Å²) in [5, 5.41) is 6.82. The van der Waals surface area contributed by atoms with Crippen LogP contribution in [0.2, 0.25) is 0 Å². The molecule has 0 aliphatic heterocycles. The van der Waals surface area contributed by atoms with Gasteiger partial charge in [0, 0.05) is 24.2 Å². The first-order valence-corrected chi connectivity index (χ1v) is 9.75. The van der Waals surface area contributed by atoms with Gasteiger partial charge >= 0.3 is 5.69 Å². The first-order chi connectivity index (χ1) is 14.3. The number of rotatable bonds is 5. The van der Waals surface area contributed by atoms with E-state index in [2.05, 4.69) is 15.5 Å². The van der Waals surface area contributed by atoms with Crippen LogP contribution < -0.4 is 11.0 Å². The Balaban J connectivity index is 1.76. The molecule has 2 aromatic heterocycles. The fourth-order valence-corrected chi connectivity index (χ4v) is 3.55. The molecule has 2 heterocycles. The summed E-state index contributed by atoms with van der Waals surface area (Å²) in [6.45, 7) is 7.45. The molecule has 8 nitrogen and oxygen atoms in total. The highest BCUT2D eigenvalue weighted by Gasteiger charge is 2.19. The Kier molecular flexibility index (Phi) is 4.99. The van der Waals surface area contributed by atoms with Crippen LogP contribution in [0.5, 0.6) is 0 Å². The SMILES string of the molecule is Cc1cccc(NC(=O)Cn2c(=O)n(C(C)C)c3ccc(-c4noc(C)n4)cc32)c1. The van der Waals surface area contributed by atoms with Crippen LogP contribution in [0.1, 0.15) is 31.3 Å². The van der Waals surface area contributed by atoms with Gasteiger partial charge in [-0.05, 0) is 56.7 Å². The van der Waals surface area contributed by atoms with E-state index in [1.165, 1.54) is 4.57 Å². The summed E-state index contributed by atoms with van der Waals surface area (Å²) in [5.74, 6) is 0.626. The number of benzene rings is 2. The molecule has 1 N–H and O–H groups in total. The number of imidazole rings is 1. The lowest BCUT2D eigenvalue weighted by Gasteiger charge is -2.07. The van der Waals surface area contributed by atoms with Crippen molar-refractivity contribution in [2.24, 2.45) is 0 Å². The Morgan fingerprint density at radius 3 is 2.60 bits per heavy atom. The quantitative estimate of drug-likeness (QED) is 0.546. The van der Waals surface area contributed by atoms with Crippen LogP contribution in [-0.2, 0) is 11.3 Å². The van der Waals surface area contributed by atoms with E-state index in [0.717, 1.165) is 11.1 Å². The Morgan fingerprint density at radius 1 is 1.13 bits per heavy atom. The van der Waals surface area contributed by atoms with E-state index in [4.69, 9.17) is 4.52 Å². The van der Waals surface area contributed by atoms with Gasteiger partial charge in [0.05, 0.1) is 11.0 Å². The van der Waals surface area contributed by atoms with Crippen LogP contribution in [0.3, 0.4) is 0 Å². The molecular formula is C22H23N5O3. The van der Waals surface area contributed by atoms with E-state index in [1.54, 1.807) is 11.5 Å². The third-order valence-electron chi connectivity index (χ3n) is 4.87. The van der Waals surface area contributed by atoms with E-state index >= 15 is 0 Å². The minimum Gasteiger partial charge on any atom is -0.339 e. The molecule has 8 heteroatoms. The van der Waals surface area contributed by atoms with E-state index < -0.39 is 0 Å². The maximum Gasteiger partial charge on any atom is 0.329 e. The van der Waals surface area contributed by atoms with Crippen LogP contribution >= 0.6 is 0 Å². The fourth-order valence-electron chi connectivity index (χ4n) is 3.55. The summed E-state index contributed by atoms with van der Waals surface area (Å²) in [6.07, 6.45) is 0. The molecule has 0 atom stereocenters. The van der Waals surface area contributed by atoms with Crippen molar-refractivity contribution >= 4 is 22.6 Å². The van der Waals surface area contributed by atoms with Crippen molar-refractivity contribution in [3.63, 3.8) is 0 Å². The number of nitrogens with zero attached hydrogens (tertiary/aromatic N) is 4. The van der Waals surface area contributed by atoms with Crippen molar-refractivity contribution in [2.75, 3.05) is 5.32 Å². The Labute approximate surface area is 173 Å². The average molecular weight is 405 g/mol. The summed E-state index contributed by atoms with van der Waals surface area (Å²) >= 11 is 0. The highest BCUT2D eigenvalue weighted by Crippen LogP contribution is 2.24. The number of amides is 1. The molecule has 154 valence electrons. The Hall–Kier alpha value is -3.68. The monoisotopic (exact) mass is 405 g/mol. The lowest BCUT2D eigenvalue weighted by atomic mass is 10.2. The van der Waals surface area contributed by atoms with Crippen molar-refractivity contribution in [3.8, 4) is 11.4 Å². The van der Waals surface area contributed by atoms with Gasteiger partial charge in [0.25, 0.3) is 0 Å². The van der Waals surface area contributed by atoms with Gasteiger partial charge in [-0.1, -0.05) is 17.3 Å². The normalized spacial score (nSPS) is 11.4. The molecule has 0 aliphatic rings. The molecule has 0 bridgehead atoms. The molecule has 2 aromatic carbocycles. The zero-order chi connectivity index (χ0) is 21.4. The van der Waals surface area contributed by atoms with Gasteiger partial charge < -0.3 is 9.84 Å². The zero-order valence-electron chi connectivity index (χ0n) is 17.3. The first-order valence-electron chi connectivity index (χ1n) is 9.75. The molecule has 0 aliphatic carbocycles. The van der Waals surface area contributed by atoms with Crippen LogP contribution in [0.4, 0.5) is 5.69 Å². The molecule has 0 radical (unpaired) electrons. The van der Waals surface area contributed by atoms with Gasteiger partial charge in [0.2, 0.25) is 17.6 Å². The number of aromatic nitrogens is 4. The fraction of sp³-hybridized carbons (Fsp3) is 0.273. The number of anilines is 1. The largest absolute Gasteiger partial charge is 0.339 e. The number of aryl methyl sites for hydroxylation is 2. The molecule has 0 spiro atoms. The molecule has 0 saturated carbocycles. The van der Waals surface area contributed by atoms with Gasteiger partial charge in [0.1, 0.15) is 6.54 Å². The van der Waals surface area contributed by atoms with Crippen molar-refractivity contribution in [2.45, 2.75) is 40.3 Å². The Morgan fingerprint density at radius 2 is 1.93 bits per heavy atom. The number of fused-ring (bicyclic) bond motifs is 1. The summed E-state index contributed by atoms with van der Waals surface area (Å²) in [7, 11) is 0. The van der Waals surface area contributed by atoms with Gasteiger partial charge in [0.15, 0.2) is 0 Å². The van der Waals surface area contributed by atoms with Gasteiger partial charge in [-0.2, -0.15) is 4.98 Å². The molecule has 0 fully saturated rings. The summed E-state index contributed by atoms with van der Waals surface area (Å²) in [5.41, 5.74) is 3.62. The first kappa shape index (κ1) is 19.6. The van der Waals surface area contributed by atoms with Crippen LogP contribution in [0.25, 0.3) is 22.4 Å². The summed E-state index contributed by atoms with van der Waals surface area (Å²) < 4.78 is 8.23. The second-order valence-corrected chi connectivity index (χ2v) is 7.59. The zero-order valence-corrected chi connectivity index (χ0v) is 17.3. The van der Waals surface area contributed by atoms with Gasteiger partial charge in [-0.3, -0.25) is 13.9 Å². The number of carbonyl (C=O) groups excluding carboxylic acids is 1. The molecule has 1 amide bonds. The second kappa shape index (κ2) is 7.62. The second-order valence-electron chi connectivity index (χ2n) is 7.59. The lowest BCUT2D eigenvalue weighted by Crippen LogP contribution is -2.30. The third kappa shape index (κ3) is 3.63. The molecule has 4 aromatic rings. The van der Waals surface area contributed by atoms with Crippen LogP contribution in [0.15, 0.2) is 51.8 Å². The average Bonchev–Trinajstić information content (AvgIpc) is 3.23. The standard InChI is InChI=1S/C22H23N5O3/c1-13(2)27-18-9-8-16(21-23-15(4)30-25-21)11-19(18)26(22(27)29)12-20(28)24-17-7-5-6-14(3)10-17/h5-11,13H,12H2,1-4H3,(H,24,28). The van der Waals surface area contributed by atoms with Crippen molar-refractivity contribution in [1.29, 1.82) is 0 Å². The number of carbonyl (C=O) groups is 1. The third-order valence-corrected chi connectivity index (χ3v) is 4.87. The molecule has 0 saturated heterocycles. The summed E-state index contributed by atoms with van der Waals surface area (Å²) in [6, 6.07) is 13.0. The maximum atomic E-state index is 13.1. The Bertz CT molecular complexity index is 1300.